The summed E-state index contributed by atoms with van der Waals surface area (Å²) in [5, 5.41) is 12.1. The summed E-state index contributed by atoms with van der Waals surface area (Å²) >= 11 is 6.19. The number of piperidine rings is 1. The minimum Gasteiger partial charge on any atom is -0.496 e. The lowest BCUT2D eigenvalue weighted by Crippen LogP contribution is -2.49. The summed E-state index contributed by atoms with van der Waals surface area (Å²) in [6, 6.07) is 10.7. The number of rotatable bonds is 5. The maximum atomic E-state index is 11.5. The van der Waals surface area contributed by atoms with Gasteiger partial charge in [0.2, 0.25) is 0 Å². The van der Waals surface area contributed by atoms with Gasteiger partial charge in [-0.15, -0.1) is 0 Å². The highest BCUT2D eigenvalue weighted by Crippen LogP contribution is 2.47. The summed E-state index contributed by atoms with van der Waals surface area (Å²) in [4.78, 5) is 2.59. The molecule has 4 rings (SSSR count). The Bertz CT molecular complexity index is 899. The van der Waals surface area contributed by atoms with Gasteiger partial charge >= 0.3 is 0 Å². The van der Waals surface area contributed by atoms with Crippen molar-refractivity contribution in [2.24, 2.45) is 0 Å². The number of hydrogen-bond acceptors (Lipinski definition) is 4. The van der Waals surface area contributed by atoms with Gasteiger partial charge in [0.05, 0.1) is 24.8 Å². The molecule has 0 amide bonds. The van der Waals surface area contributed by atoms with E-state index in [2.05, 4.69) is 30.9 Å². The molecular weight excluding hydrogens is 386 g/mol. The first-order valence-corrected chi connectivity index (χ1v) is 10.7. The van der Waals surface area contributed by atoms with Gasteiger partial charge in [0.25, 0.3) is 0 Å². The van der Waals surface area contributed by atoms with Crippen LogP contribution in [0.15, 0.2) is 30.3 Å². The number of halogens is 1. The fraction of sp³-hybridized carbons (Fsp3) is 0.500. The fourth-order valence-electron chi connectivity index (χ4n) is 5.20. The van der Waals surface area contributed by atoms with Crippen LogP contribution >= 0.6 is 11.6 Å². The molecule has 2 aliphatic heterocycles. The van der Waals surface area contributed by atoms with Gasteiger partial charge in [0.15, 0.2) is 0 Å². The van der Waals surface area contributed by atoms with E-state index >= 15 is 0 Å². The van der Waals surface area contributed by atoms with E-state index in [0.29, 0.717) is 22.9 Å². The first-order chi connectivity index (χ1) is 13.9. The van der Waals surface area contributed by atoms with Crippen molar-refractivity contribution in [3.63, 3.8) is 0 Å². The molecule has 2 unspecified atom stereocenters. The molecule has 4 nitrogen and oxygen atoms in total. The van der Waals surface area contributed by atoms with Gasteiger partial charge in [0.1, 0.15) is 11.5 Å². The molecule has 2 atom stereocenters. The maximum Gasteiger partial charge on any atom is 0.137 e. The van der Waals surface area contributed by atoms with Crippen LogP contribution in [-0.4, -0.2) is 36.3 Å². The molecule has 29 heavy (non-hydrogen) atoms. The smallest absolute Gasteiger partial charge is 0.137 e. The van der Waals surface area contributed by atoms with E-state index in [1.54, 1.807) is 14.2 Å². The Balaban J connectivity index is 1.56. The van der Waals surface area contributed by atoms with Crippen molar-refractivity contribution in [1.29, 1.82) is 0 Å². The molecule has 0 aliphatic carbocycles. The number of aliphatic hydroxyl groups is 1. The van der Waals surface area contributed by atoms with E-state index in [0.717, 1.165) is 43.5 Å². The molecule has 2 heterocycles. The highest BCUT2D eigenvalue weighted by atomic mass is 35.5. The van der Waals surface area contributed by atoms with E-state index in [4.69, 9.17) is 21.1 Å². The Hall–Kier alpha value is -1.75. The number of methoxy groups -OCH3 is 2. The van der Waals surface area contributed by atoms with Crippen LogP contribution in [0.2, 0.25) is 5.02 Å². The molecule has 5 heteroatoms. The van der Waals surface area contributed by atoms with Crippen LogP contribution < -0.4 is 9.47 Å². The Kier molecular flexibility index (Phi) is 5.54. The van der Waals surface area contributed by atoms with Crippen LogP contribution in [0, 0.1) is 13.8 Å². The van der Waals surface area contributed by atoms with Crippen LogP contribution in [0.5, 0.6) is 11.5 Å². The molecule has 2 aromatic rings. The highest BCUT2D eigenvalue weighted by Gasteiger charge is 2.48. The van der Waals surface area contributed by atoms with Crippen molar-refractivity contribution in [2.45, 2.75) is 63.8 Å². The molecule has 2 saturated heterocycles. The van der Waals surface area contributed by atoms with Gasteiger partial charge in [-0.1, -0.05) is 23.7 Å². The summed E-state index contributed by atoms with van der Waals surface area (Å²) in [6.45, 7) is 5.22. The number of benzene rings is 2. The monoisotopic (exact) mass is 415 g/mol. The van der Waals surface area contributed by atoms with E-state index in [-0.39, 0.29) is 0 Å². The lowest BCUT2D eigenvalue weighted by atomic mass is 9.80. The number of hydrogen-bond donors (Lipinski definition) is 1. The predicted molar refractivity (Wildman–Crippen MR) is 116 cm³/mol. The second-order valence-electron chi connectivity index (χ2n) is 8.52. The summed E-state index contributed by atoms with van der Waals surface area (Å²) in [5.41, 5.74) is 3.93. The summed E-state index contributed by atoms with van der Waals surface area (Å²) < 4.78 is 10.8. The van der Waals surface area contributed by atoms with Crippen LogP contribution in [0.25, 0.3) is 0 Å². The zero-order chi connectivity index (χ0) is 20.8. The Morgan fingerprint density at radius 1 is 1.00 bits per heavy atom. The fourth-order valence-corrected chi connectivity index (χ4v) is 5.40. The van der Waals surface area contributed by atoms with E-state index in [1.807, 2.05) is 18.2 Å². The first kappa shape index (κ1) is 20.5. The Morgan fingerprint density at radius 2 is 1.66 bits per heavy atom. The van der Waals surface area contributed by atoms with Gasteiger partial charge in [-0.05, 0) is 80.0 Å². The molecule has 2 fully saturated rings. The molecule has 2 aliphatic rings. The van der Waals surface area contributed by atoms with Gasteiger partial charge in [-0.25, -0.2) is 0 Å². The van der Waals surface area contributed by atoms with Gasteiger partial charge in [-0.3, -0.25) is 4.90 Å². The van der Waals surface area contributed by atoms with E-state index in [1.165, 1.54) is 16.7 Å². The molecular formula is C24H30ClNO3. The van der Waals surface area contributed by atoms with E-state index < -0.39 is 5.60 Å². The molecule has 1 N–H and O–H groups in total. The minimum atomic E-state index is -0.828. The predicted octanol–water partition coefficient (Wildman–Crippen LogP) is 4.99. The van der Waals surface area contributed by atoms with Crippen LogP contribution in [0.3, 0.4) is 0 Å². The number of fused-ring (bicyclic) bond motifs is 2. The summed E-state index contributed by atoms with van der Waals surface area (Å²) in [7, 11) is 3.33. The normalized spacial score (nSPS) is 26.6. The molecule has 2 bridgehead atoms. The molecule has 0 radical (unpaired) electrons. The standard InChI is InChI=1S/C24H30ClNO3/c1-15-16(2)22(28-3)10-5-17(15)14-26-19-7-8-20(26)13-24(27,12-19)18-6-9-21(25)23(11-18)29-4/h5-6,9-11,19-20,27H,7-8,12-14H2,1-4H3. The summed E-state index contributed by atoms with van der Waals surface area (Å²) in [6.07, 6.45) is 3.74. The quantitative estimate of drug-likeness (QED) is 0.747. The van der Waals surface area contributed by atoms with Crippen LogP contribution in [0.1, 0.15) is 47.9 Å². The second-order valence-corrected chi connectivity index (χ2v) is 8.93. The first-order valence-electron chi connectivity index (χ1n) is 10.3. The van der Waals surface area contributed by atoms with Crippen molar-refractivity contribution in [3.8, 4) is 11.5 Å². The Morgan fingerprint density at radius 3 is 2.28 bits per heavy atom. The van der Waals surface area contributed by atoms with Crippen LogP contribution in [0.4, 0.5) is 0 Å². The van der Waals surface area contributed by atoms with Crippen molar-refractivity contribution in [2.75, 3.05) is 14.2 Å². The zero-order valence-electron chi connectivity index (χ0n) is 17.7. The van der Waals surface area contributed by atoms with Crippen molar-refractivity contribution >= 4 is 11.6 Å². The molecule has 0 aromatic heterocycles. The van der Waals surface area contributed by atoms with Gasteiger partial charge in [0, 0.05) is 18.6 Å². The van der Waals surface area contributed by atoms with Gasteiger partial charge < -0.3 is 14.6 Å². The average molecular weight is 416 g/mol. The van der Waals surface area contributed by atoms with E-state index in [9.17, 15) is 5.11 Å². The van der Waals surface area contributed by atoms with Gasteiger partial charge in [-0.2, -0.15) is 0 Å². The SMILES string of the molecule is COc1cc(C2(O)CC3CCC(C2)N3Cc2ccc(OC)c(C)c2C)ccc1Cl. The molecule has 2 aromatic carbocycles. The average Bonchev–Trinajstić information content (AvgIpc) is 2.95. The largest absolute Gasteiger partial charge is 0.496 e. The number of ether oxygens (including phenoxy) is 2. The van der Waals surface area contributed by atoms with Crippen LogP contribution in [-0.2, 0) is 12.1 Å². The maximum absolute atomic E-state index is 11.5. The third-order valence-corrected chi connectivity index (χ3v) is 7.34. The summed E-state index contributed by atoms with van der Waals surface area (Å²) in [5.74, 6) is 1.57. The van der Waals surface area contributed by atoms with Crippen molar-refractivity contribution in [1.82, 2.24) is 4.90 Å². The number of nitrogens with zero attached hydrogens (tertiary/aromatic N) is 1. The lowest BCUT2D eigenvalue weighted by molar-refractivity contribution is -0.0596. The zero-order valence-corrected chi connectivity index (χ0v) is 18.4. The highest BCUT2D eigenvalue weighted by molar-refractivity contribution is 6.32. The topological polar surface area (TPSA) is 41.9 Å². The van der Waals surface area contributed by atoms with Crippen molar-refractivity contribution < 1.29 is 14.6 Å². The lowest BCUT2D eigenvalue weighted by Gasteiger charge is -2.44. The third-order valence-electron chi connectivity index (χ3n) is 7.03. The molecule has 156 valence electrons. The third kappa shape index (κ3) is 3.63. The Labute approximate surface area is 178 Å². The minimum absolute atomic E-state index is 0.377. The molecule has 0 spiro atoms. The van der Waals surface area contributed by atoms with Crippen molar-refractivity contribution in [3.05, 3.63) is 57.6 Å². The second kappa shape index (κ2) is 7.82. The molecule has 0 saturated carbocycles.